The molecule has 1 aliphatic rings. The first-order chi connectivity index (χ1) is 9.47. The first kappa shape index (κ1) is 13.0. The molecule has 0 aliphatic carbocycles. The molecule has 8 heteroatoms. The molecule has 3 heterocycles. The van der Waals surface area contributed by atoms with Crippen molar-refractivity contribution in [2.24, 2.45) is 0 Å². The number of fused-ring (bicyclic) bond motifs is 1. The van der Waals surface area contributed by atoms with E-state index in [1.54, 1.807) is 0 Å². The molecule has 2 aromatic heterocycles. The van der Waals surface area contributed by atoms with E-state index in [2.05, 4.69) is 20.5 Å². The Balaban J connectivity index is 1.98. The predicted octanol–water partition coefficient (Wildman–Crippen LogP) is 2.02. The Labute approximate surface area is 112 Å². The van der Waals surface area contributed by atoms with Crippen molar-refractivity contribution >= 4 is 0 Å². The molecule has 1 aliphatic heterocycles. The average Bonchev–Trinajstić information content (AvgIpc) is 2.83. The second-order valence-electron chi connectivity index (χ2n) is 4.64. The summed E-state index contributed by atoms with van der Waals surface area (Å²) in [4.78, 5) is 3.86. The summed E-state index contributed by atoms with van der Waals surface area (Å²) in [5.74, 6) is 1.27. The van der Waals surface area contributed by atoms with Crippen LogP contribution in [0.4, 0.5) is 13.2 Å². The van der Waals surface area contributed by atoms with Gasteiger partial charge in [0.1, 0.15) is 11.5 Å². The molecule has 20 heavy (non-hydrogen) atoms. The fourth-order valence-electron chi connectivity index (χ4n) is 2.22. The summed E-state index contributed by atoms with van der Waals surface area (Å²) in [6.45, 7) is 3.40. The summed E-state index contributed by atoms with van der Waals surface area (Å²) in [5, 5.41) is 11.4. The maximum atomic E-state index is 12.5. The summed E-state index contributed by atoms with van der Waals surface area (Å²) in [7, 11) is 0. The van der Waals surface area contributed by atoms with Crippen molar-refractivity contribution in [2.75, 3.05) is 6.54 Å². The molecular weight excluding hydrogens is 271 g/mol. The topological polar surface area (TPSA) is 55.6 Å². The van der Waals surface area contributed by atoms with Gasteiger partial charge in [-0.15, -0.1) is 10.2 Å². The van der Waals surface area contributed by atoms with Crippen molar-refractivity contribution in [1.29, 1.82) is 0 Å². The predicted molar refractivity (Wildman–Crippen MR) is 64.7 cm³/mol. The number of nitrogens with one attached hydrogen (secondary N) is 1. The summed E-state index contributed by atoms with van der Waals surface area (Å²) in [6, 6.07) is 2.40. The van der Waals surface area contributed by atoms with E-state index >= 15 is 0 Å². The normalized spacial score (nSPS) is 18.9. The maximum absolute atomic E-state index is 12.5. The summed E-state index contributed by atoms with van der Waals surface area (Å²) in [6.07, 6.45) is -3.56. The van der Waals surface area contributed by atoms with E-state index in [1.807, 2.05) is 11.5 Å². The number of nitrogens with zero attached hydrogens (tertiary/aromatic N) is 4. The summed E-state index contributed by atoms with van der Waals surface area (Å²) in [5.41, 5.74) is -0.375. The van der Waals surface area contributed by atoms with E-state index < -0.39 is 11.7 Å². The highest BCUT2D eigenvalue weighted by Gasteiger charge is 2.31. The molecule has 5 nitrogen and oxygen atoms in total. The lowest BCUT2D eigenvalue weighted by molar-refractivity contribution is -0.137. The Morgan fingerprint density at radius 2 is 2.10 bits per heavy atom. The number of aromatic nitrogens is 4. The van der Waals surface area contributed by atoms with E-state index in [0.29, 0.717) is 18.1 Å². The second-order valence-corrected chi connectivity index (χ2v) is 4.64. The third kappa shape index (κ3) is 2.15. The fraction of sp³-hybridized carbons (Fsp3) is 0.417. The smallest absolute Gasteiger partial charge is 0.307 e. The molecule has 3 rings (SSSR count). The molecule has 0 radical (unpaired) electrons. The van der Waals surface area contributed by atoms with Gasteiger partial charge >= 0.3 is 6.18 Å². The number of rotatable bonds is 1. The van der Waals surface area contributed by atoms with E-state index in [1.165, 1.54) is 6.07 Å². The van der Waals surface area contributed by atoms with Crippen molar-refractivity contribution in [1.82, 2.24) is 25.1 Å². The second kappa shape index (κ2) is 4.55. The zero-order chi connectivity index (χ0) is 14.3. The summed E-state index contributed by atoms with van der Waals surface area (Å²) < 4.78 is 39.4. The largest absolute Gasteiger partial charge is 0.417 e. The van der Waals surface area contributed by atoms with Gasteiger partial charge in [-0.05, 0) is 19.1 Å². The van der Waals surface area contributed by atoms with Crippen LogP contribution < -0.4 is 5.32 Å². The highest BCUT2D eigenvalue weighted by Crippen LogP contribution is 2.30. The molecule has 2 aromatic rings. The van der Waals surface area contributed by atoms with Gasteiger partial charge in [-0.3, -0.25) is 4.98 Å². The maximum Gasteiger partial charge on any atom is 0.417 e. The zero-order valence-corrected chi connectivity index (χ0v) is 10.6. The van der Waals surface area contributed by atoms with Gasteiger partial charge in [0.25, 0.3) is 0 Å². The van der Waals surface area contributed by atoms with Crippen LogP contribution in [0, 0.1) is 0 Å². The minimum atomic E-state index is -4.38. The van der Waals surface area contributed by atoms with Gasteiger partial charge in [0.05, 0.1) is 11.6 Å². The highest BCUT2D eigenvalue weighted by molar-refractivity contribution is 5.50. The number of halogens is 3. The van der Waals surface area contributed by atoms with Crippen LogP contribution in [0.3, 0.4) is 0 Å². The monoisotopic (exact) mass is 283 g/mol. The molecule has 0 aromatic carbocycles. The molecule has 1 unspecified atom stereocenters. The van der Waals surface area contributed by atoms with Crippen molar-refractivity contribution in [3.63, 3.8) is 0 Å². The molecule has 0 amide bonds. The minimum Gasteiger partial charge on any atom is -0.307 e. The van der Waals surface area contributed by atoms with Crippen LogP contribution in [0.25, 0.3) is 11.5 Å². The van der Waals surface area contributed by atoms with Gasteiger partial charge in [-0.1, -0.05) is 0 Å². The lowest BCUT2D eigenvalue weighted by Crippen LogP contribution is -2.32. The Hall–Kier alpha value is -1.96. The molecule has 1 N–H and O–H groups in total. The molecule has 0 spiro atoms. The van der Waals surface area contributed by atoms with Crippen LogP contribution in [0.2, 0.25) is 0 Å². The van der Waals surface area contributed by atoms with E-state index in [4.69, 9.17) is 0 Å². The third-order valence-electron chi connectivity index (χ3n) is 3.27. The lowest BCUT2D eigenvalue weighted by atomic mass is 10.2. The fourth-order valence-corrected chi connectivity index (χ4v) is 2.22. The first-order valence-corrected chi connectivity index (χ1v) is 6.17. The SMILES string of the molecule is CC1NCCn2c(-c3ccc(C(F)(F)F)cn3)nnc21. The molecule has 0 bridgehead atoms. The van der Waals surface area contributed by atoms with Crippen LogP contribution in [-0.4, -0.2) is 26.3 Å². The average molecular weight is 283 g/mol. The Morgan fingerprint density at radius 1 is 1.30 bits per heavy atom. The number of alkyl halides is 3. The minimum absolute atomic E-state index is 0.0689. The Kier molecular flexibility index (Phi) is 2.97. The van der Waals surface area contributed by atoms with Gasteiger partial charge in [0, 0.05) is 19.3 Å². The van der Waals surface area contributed by atoms with Crippen LogP contribution in [-0.2, 0) is 12.7 Å². The van der Waals surface area contributed by atoms with Gasteiger partial charge < -0.3 is 9.88 Å². The van der Waals surface area contributed by atoms with E-state index in [9.17, 15) is 13.2 Å². The van der Waals surface area contributed by atoms with Gasteiger partial charge in [-0.25, -0.2) is 0 Å². The number of hydrogen-bond acceptors (Lipinski definition) is 4. The molecule has 1 atom stereocenters. The number of hydrogen-bond donors (Lipinski definition) is 1. The van der Waals surface area contributed by atoms with E-state index in [0.717, 1.165) is 24.6 Å². The highest BCUT2D eigenvalue weighted by atomic mass is 19.4. The van der Waals surface area contributed by atoms with Crippen molar-refractivity contribution in [2.45, 2.75) is 25.7 Å². The molecular formula is C12H12F3N5. The van der Waals surface area contributed by atoms with Crippen LogP contribution >= 0.6 is 0 Å². The zero-order valence-electron chi connectivity index (χ0n) is 10.6. The number of pyridine rings is 1. The van der Waals surface area contributed by atoms with Crippen LogP contribution in [0.1, 0.15) is 24.4 Å². The molecule has 106 valence electrons. The Morgan fingerprint density at radius 3 is 2.75 bits per heavy atom. The van der Waals surface area contributed by atoms with Gasteiger partial charge in [0.2, 0.25) is 0 Å². The standard InChI is InChI=1S/C12H12F3N5/c1-7-10-18-19-11(20(10)5-4-16-7)9-3-2-8(6-17-9)12(13,14)15/h2-3,6-7,16H,4-5H2,1H3. The first-order valence-electron chi connectivity index (χ1n) is 6.17. The van der Waals surface area contributed by atoms with Crippen LogP contribution in [0.5, 0.6) is 0 Å². The van der Waals surface area contributed by atoms with E-state index in [-0.39, 0.29) is 6.04 Å². The van der Waals surface area contributed by atoms with Crippen molar-refractivity contribution in [3.8, 4) is 11.5 Å². The molecule has 0 saturated carbocycles. The third-order valence-corrected chi connectivity index (χ3v) is 3.27. The van der Waals surface area contributed by atoms with Crippen LogP contribution in [0.15, 0.2) is 18.3 Å². The lowest BCUT2D eigenvalue weighted by Gasteiger charge is -2.21. The molecule has 0 fully saturated rings. The Bertz CT molecular complexity index is 617. The molecule has 0 saturated heterocycles. The van der Waals surface area contributed by atoms with Gasteiger partial charge in [0.15, 0.2) is 5.82 Å². The quantitative estimate of drug-likeness (QED) is 0.870. The van der Waals surface area contributed by atoms with Crippen molar-refractivity contribution in [3.05, 3.63) is 29.7 Å². The summed E-state index contributed by atoms with van der Waals surface area (Å²) >= 11 is 0. The van der Waals surface area contributed by atoms with Gasteiger partial charge in [-0.2, -0.15) is 13.2 Å². The van der Waals surface area contributed by atoms with Crippen molar-refractivity contribution < 1.29 is 13.2 Å².